The molecular weight excluding hydrogens is 170 g/mol. The molecule has 66 valence electrons. The maximum absolute atomic E-state index is 5.51. The molecule has 2 N–H and O–H groups in total. The van der Waals surface area contributed by atoms with Gasteiger partial charge < -0.3 is 5.73 Å². The molecule has 0 saturated carbocycles. The lowest BCUT2D eigenvalue weighted by Crippen LogP contribution is -2.02. The molecular formula is C8H13N3S. The van der Waals surface area contributed by atoms with E-state index in [2.05, 4.69) is 16.9 Å². The molecule has 0 fully saturated rings. The first-order chi connectivity index (χ1) is 5.88. The summed E-state index contributed by atoms with van der Waals surface area (Å²) in [6, 6.07) is 0. The molecule has 0 radical (unpaired) electrons. The first kappa shape index (κ1) is 9.48. The van der Waals surface area contributed by atoms with Crippen molar-refractivity contribution in [2.75, 3.05) is 5.75 Å². The molecule has 0 unspecified atom stereocenters. The number of rotatable bonds is 4. The van der Waals surface area contributed by atoms with Crippen LogP contribution in [0.15, 0.2) is 17.4 Å². The molecule has 0 spiro atoms. The Balaban J connectivity index is 2.68. The fourth-order valence-electron chi connectivity index (χ4n) is 0.813. The van der Waals surface area contributed by atoms with Crippen molar-refractivity contribution in [2.24, 2.45) is 5.73 Å². The Morgan fingerprint density at radius 3 is 2.83 bits per heavy atom. The van der Waals surface area contributed by atoms with Gasteiger partial charge in [-0.1, -0.05) is 6.92 Å². The summed E-state index contributed by atoms with van der Waals surface area (Å²) in [7, 11) is 0. The SMILES string of the molecule is CCCSc1nccnc1CN. The van der Waals surface area contributed by atoms with E-state index in [0.717, 1.165) is 22.9 Å². The average molecular weight is 183 g/mol. The Bertz CT molecular complexity index is 239. The molecule has 0 aliphatic heterocycles. The summed E-state index contributed by atoms with van der Waals surface area (Å²) in [4.78, 5) is 8.35. The molecule has 0 amide bonds. The van der Waals surface area contributed by atoms with Gasteiger partial charge in [0.25, 0.3) is 0 Å². The lowest BCUT2D eigenvalue weighted by molar-refractivity contribution is 0.885. The van der Waals surface area contributed by atoms with E-state index < -0.39 is 0 Å². The average Bonchev–Trinajstić information content (AvgIpc) is 2.15. The third-order valence-electron chi connectivity index (χ3n) is 1.37. The van der Waals surface area contributed by atoms with Gasteiger partial charge in [0.2, 0.25) is 0 Å². The molecule has 0 aliphatic carbocycles. The summed E-state index contributed by atoms with van der Waals surface area (Å²) >= 11 is 1.72. The van der Waals surface area contributed by atoms with Crippen molar-refractivity contribution in [3.63, 3.8) is 0 Å². The zero-order chi connectivity index (χ0) is 8.81. The van der Waals surface area contributed by atoms with Crippen LogP contribution in [0, 0.1) is 0 Å². The van der Waals surface area contributed by atoms with Crippen molar-refractivity contribution in [3.05, 3.63) is 18.1 Å². The predicted octanol–water partition coefficient (Wildman–Crippen LogP) is 1.44. The van der Waals surface area contributed by atoms with E-state index in [-0.39, 0.29) is 0 Å². The number of nitrogens with two attached hydrogens (primary N) is 1. The van der Waals surface area contributed by atoms with E-state index in [0.29, 0.717) is 6.54 Å². The van der Waals surface area contributed by atoms with E-state index in [4.69, 9.17) is 5.73 Å². The smallest absolute Gasteiger partial charge is 0.119 e. The molecule has 4 heteroatoms. The molecule has 1 aromatic heterocycles. The molecule has 0 bridgehead atoms. The molecule has 1 aromatic rings. The van der Waals surface area contributed by atoms with Crippen molar-refractivity contribution in [3.8, 4) is 0 Å². The monoisotopic (exact) mass is 183 g/mol. The third kappa shape index (κ3) is 2.46. The van der Waals surface area contributed by atoms with Crippen molar-refractivity contribution >= 4 is 11.8 Å². The minimum atomic E-state index is 0.472. The second kappa shape index (κ2) is 5.11. The van der Waals surface area contributed by atoms with Gasteiger partial charge in [-0.2, -0.15) is 0 Å². The van der Waals surface area contributed by atoms with Crippen molar-refractivity contribution in [2.45, 2.75) is 24.9 Å². The highest BCUT2D eigenvalue weighted by Gasteiger charge is 2.01. The lowest BCUT2D eigenvalue weighted by Gasteiger charge is -2.02. The van der Waals surface area contributed by atoms with Crippen LogP contribution in [0.3, 0.4) is 0 Å². The first-order valence-electron chi connectivity index (χ1n) is 4.01. The van der Waals surface area contributed by atoms with Crippen LogP contribution in [0.2, 0.25) is 0 Å². The molecule has 1 heterocycles. The van der Waals surface area contributed by atoms with E-state index in [1.807, 2.05) is 0 Å². The Morgan fingerprint density at radius 1 is 1.42 bits per heavy atom. The normalized spacial score (nSPS) is 10.2. The van der Waals surface area contributed by atoms with Crippen LogP contribution < -0.4 is 5.73 Å². The van der Waals surface area contributed by atoms with Crippen LogP contribution in [-0.2, 0) is 6.54 Å². The highest BCUT2D eigenvalue weighted by atomic mass is 32.2. The Morgan fingerprint density at radius 2 is 2.17 bits per heavy atom. The van der Waals surface area contributed by atoms with Crippen LogP contribution in [0.1, 0.15) is 19.0 Å². The topological polar surface area (TPSA) is 51.8 Å². The Labute approximate surface area is 76.8 Å². The highest BCUT2D eigenvalue weighted by Crippen LogP contribution is 2.17. The molecule has 0 aromatic carbocycles. The van der Waals surface area contributed by atoms with Gasteiger partial charge in [-0.05, 0) is 12.2 Å². The van der Waals surface area contributed by atoms with Crippen LogP contribution in [-0.4, -0.2) is 15.7 Å². The van der Waals surface area contributed by atoms with Crippen molar-refractivity contribution in [1.82, 2.24) is 9.97 Å². The van der Waals surface area contributed by atoms with Gasteiger partial charge in [0, 0.05) is 18.9 Å². The van der Waals surface area contributed by atoms with Gasteiger partial charge >= 0.3 is 0 Å². The van der Waals surface area contributed by atoms with Crippen LogP contribution in [0.4, 0.5) is 0 Å². The molecule has 0 saturated heterocycles. The Kier molecular flexibility index (Phi) is 4.04. The second-order valence-electron chi connectivity index (χ2n) is 2.36. The van der Waals surface area contributed by atoms with Gasteiger partial charge in [-0.25, -0.2) is 4.98 Å². The number of nitrogens with zero attached hydrogens (tertiary/aromatic N) is 2. The number of hydrogen-bond donors (Lipinski definition) is 1. The highest BCUT2D eigenvalue weighted by molar-refractivity contribution is 7.99. The minimum Gasteiger partial charge on any atom is -0.325 e. The number of aromatic nitrogens is 2. The fraction of sp³-hybridized carbons (Fsp3) is 0.500. The van der Waals surface area contributed by atoms with E-state index in [1.165, 1.54) is 0 Å². The van der Waals surface area contributed by atoms with Gasteiger partial charge in [0.15, 0.2) is 0 Å². The van der Waals surface area contributed by atoms with E-state index in [1.54, 1.807) is 24.2 Å². The summed E-state index contributed by atoms with van der Waals surface area (Å²) < 4.78 is 0. The fourth-order valence-corrected chi connectivity index (χ4v) is 1.65. The standard InChI is InChI=1S/C8H13N3S/c1-2-5-12-8-7(6-9)10-3-4-11-8/h3-4H,2,5-6,9H2,1H3. The maximum Gasteiger partial charge on any atom is 0.119 e. The predicted molar refractivity (Wildman–Crippen MR) is 50.9 cm³/mol. The molecule has 1 rings (SSSR count). The van der Waals surface area contributed by atoms with Crippen molar-refractivity contribution in [1.29, 1.82) is 0 Å². The quantitative estimate of drug-likeness (QED) is 0.718. The van der Waals surface area contributed by atoms with Crippen molar-refractivity contribution < 1.29 is 0 Å². The minimum absolute atomic E-state index is 0.472. The van der Waals surface area contributed by atoms with Crippen LogP contribution in [0.5, 0.6) is 0 Å². The molecule has 0 aliphatic rings. The molecule has 0 atom stereocenters. The largest absolute Gasteiger partial charge is 0.325 e. The zero-order valence-electron chi connectivity index (χ0n) is 7.16. The third-order valence-corrected chi connectivity index (χ3v) is 2.60. The summed E-state index contributed by atoms with van der Waals surface area (Å²) in [6.45, 7) is 2.62. The van der Waals surface area contributed by atoms with Crippen LogP contribution >= 0.6 is 11.8 Å². The van der Waals surface area contributed by atoms with Gasteiger partial charge in [0.1, 0.15) is 5.03 Å². The van der Waals surface area contributed by atoms with E-state index in [9.17, 15) is 0 Å². The number of hydrogen-bond acceptors (Lipinski definition) is 4. The summed E-state index contributed by atoms with van der Waals surface area (Å²) in [6.07, 6.45) is 4.53. The summed E-state index contributed by atoms with van der Waals surface area (Å²) in [5.41, 5.74) is 6.41. The Hall–Kier alpha value is -0.610. The lowest BCUT2D eigenvalue weighted by atomic mass is 10.5. The van der Waals surface area contributed by atoms with Crippen LogP contribution in [0.25, 0.3) is 0 Å². The molecule has 12 heavy (non-hydrogen) atoms. The molecule has 3 nitrogen and oxygen atoms in total. The number of thioether (sulfide) groups is 1. The zero-order valence-corrected chi connectivity index (χ0v) is 7.97. The van der Waals surface area contributed by atoms with Gasteiger partial charge in [-0.3, -0.25) is 4.98 Å². The van der Waals surface area contributed by atoms with Gasteiger partial charge in [0.05, 0.1) is 5.69 Å². The van der Waals surface area contributed by atoms with E-state index >= 15 is 0 Å². The van der Waals surface area contributed by atoms with Gasteiger partial charge in [-0.15, -0.1) is 11.8 Å². The summed E-state index contributed by atoms with van der Waals surface area (Å²) in [5.74, 6) is 1.08. The first-order valence-corrected chi connectivity index (χ1v) is 4.99. The second-order valence-corrected chi connectivity index (χ2v) is 3.44. The summed E-state index contributed by atoms with van der Waals surface area (Å²) in [5, 5.41) is 0.974. The maximum atomic E-state index is 5.51.